The maximum atomic E-state index is 12.7. The van der Waals surface area contributed by atoms with Crippen LogP contribution in [0.4, 0.5) is 11.5 Å². The van der Waals surface area contributed by atoms with Gasteiger partial charge in [-0.1, -0.05) is 24.3 Å². The van der Waals surface area contributed by atoms with Crippen LogP contribution in [-0.4, -0.2) is 43.8 Å². The highest BCUT2D eigenvalue weighted by molar-refractivity contribution is 7.92. The van der Waals surface area contributed by atoms with Crippen LogP contribution in [0.25, 0.3) is 5.69 Å². The van der Waals surface area contributed by atoms with E-state index < -0.39 is 15.1 Å². The SMILES string of the molecule is CC(C)S(=O)(=O)c1ccccc1-n1nccc1N/N=C/c1ccc(N(C)C)cc1. The molecule has 0 spiro atoms. The molecule has 29 heavy (non-hydrogen) atoms. The van der Waals surface area contributed by atoms with E-state index in [-0.39, 0.29) is 4.90 Å². The van der Waals surface area contributed by atoms with Gasteiger partial charge >= 0.3 is 0 Å². The second-order valence-electron chi connectivity index (χ2n) is 7.05. The van der Waals surface area contributed by atoms with Crippen molar-refractivity contribution in [1.29, 1.82) is 0 Å². The average Bonchev–Trinajstić information content (AvgIpc) is 3.16. The van der Waals surface area contributed by atoms with Crippen molar-refractivity contribution in [1.82, 2.24) is 9.78 Å². The topological polar surface area (TPSA) is 79.6 Å². The van der Waals surface area contributed by atoms with Crippen LogP contribution in [0.2, 0.25) is 0 Å². The Morgan fingerprint density at radius 3 is 2.41 bits per heavy atom. The van der Waals surface area contributed by atoms with Crippen molar-refractivity contribution in [2.24, 2.45) is 5.10 Å². The Labute approximate surface area is 171 Å². The second kappa shape index (κ2) is 8.48. The van der Waals surface area contributed by atoms with Gasteiger partial charge in [0.2, 0.25) is 0 Å². The number of nitrogens with zero attached hydrogens (tertiary/aromatic N) is 4. The smallest absolute Gasteiger partial charge is 0.182 e. The van der Waals surface area contributed by atoms with Crippen molar-refractivity contribution in [3.63, 3.8) is 0 Å². The highest BCUT2D eigenvalue weighted by atomic mass is 32.2. The summed E-state index contributed by atoms with van der Waals surface area (Å²) in [6.45, 7) is 3.33. The highest BCUT2D eigenvalue weighted by Crippen LogP contribution is 2.26. The van der Waals surface area contributed by atoms with Crippen molar-refractivity contribution in [3.05, 3.63) is 66.4 Å². The zero-order valence-corrected chi connectivity index (χ0v) is 17.8. The lowest BCUT2D eigenvalue weighted by Crippen LogP contribution is -2.17. The molecule has 1 heterocycles. The third kappa shape index (κ3) is 4.48. The molecule has 1 aromatic heterocycles. The van der Waals surface area contributed by atoms with Crippen LogP contribution in [0.1, 0.15) is 19.4 Å². The molecule has 0 saturated carbocycles. The number of hydrazone groups is 1. The zero-order chi connectivity index (χ0) is 21.0. The number of para-hydroxylation sites is 1. The largest absolute Gasteiger partial charge is 0.378 e. The predicted octanol–water partition coefficient (Wildman–Crippen LogP) is 3.57. The normalized spacial score (nSPS) is 11.9. The molecule has 2 aromatic carbocycles. The summed E-state index contributed by atoms with van der Waals surface area (Å²) in [5.41, 5.74) is 5.48. The fraction of sp³-hybridized carbons (Fsp3) is 0.238. The van der Waals surface area contributed by atoms with Crippen LogP contribution in [-0.2, 0) is 9.84 Å². The van der Waals surface area contributed by atoms with Crippen LogP contribution in [0.15, 0.2) is 70.8 Å². The Balaban J connectivity index is 1.86. The molecule has 0 amide bonds. The first kappa shape index (κ1) is 20.6. The molecule has 152 valence electrons. The number of rotatable bonds is 7. The standard InChI is InChI=1S/C21H25N5O2S/c1-16(2)29(27,28)20-8-6-5-7-19(20)26-21(13-14-23-26)24-22-15-17-9-11-18(12-10-17)25(3)4/h5-16,24H,1-4H3/b22-15+. The molecule has 0 fully saturated rings. The number of anilines is 2. The first-order chi connectivity index (χ1) is 13.8. The lowest BCUT2D eigenvalue weighted by atomic mass is 10.2. The van der Waals surface area contributed by atoms with Gasteiger partial charge in [0.25, 0.3) is 0 Å². The van der Waals surface area contributed by atoms with E-state index in [0.29, 0.717) is 11.5 Å². The second-order valence-corrected chi connectivity index (χ2v) is 9.52. The Morgan fingerprint density at radius 2 is 1.76 bits per heavy atom. The molecule has 8 heteroatoms. The summed E-state index contributed by atoms with van der Waals surface area (Å²) in [5.74, 6) is 0.567. The molecular formula is C21H25N5O2S. The lowest BCUT2D eigenvalue weighted by Gasteiger charge is -2.14. The zero-order valence-electron chi connectivity index (χ0n) is 16.9. The molecule has 3 rings (SSSR count). The molecule has 7 nitrogen and oxygen atoms in total. The monoisotopic (exact) mass is 411 g/mol. The Bertz CT molecular complexity index is 1100. The minimum absolute atomic E-state index is 0.241. The summed E-state index contributed by atoms with van der Waals surface area (Å²) >= 11 is 0. The molecule has 0 saturated heterocycles. The third-order valence-corrected chi connectivity index (χ3v) is 6.66. The van der Waals surface area contributed by atoms with E-state index in [1.165, 1.54) is 0 Å². The Hall–Kier alpha value is -3.13. The predicted molar refractivity (Wildman–Crippen MR) is 118 cm³/mol. The quantitative estimate of drug-likeness (QED) is 0.475. The molecule has 0 aliphatic heterocycles. The van der Waals surface area contributed by atoms with E-state index in [2.05, 4.69) is 15.6 Å². The number of sulfone groups is 1. The summed E-state index contributed by atoms with van der Waals surface area (Å²) in [5, 5.41) is 8.03. The number of nitrogens with one attached hydrogen (secondary N) is 1. The van der Waals surface area contributed by atoms with E-state index in [1.807, 2.05) is 43.3 Å². The summed E-state index contributed by atoms with van der Waals surface area (Å²) in [4.78, 5) is 2.27. The van der Waals surface area contributed by atoms with Gasteiger partial charge < -0.3 is 4.90 Å². The van der Waals surface area contributed by atoms with E-state index in [4.69, 9.17) is 0 Å². The highest BCUT2D eigenvalue weighted by Gasteiger charge is 2.24. The molecule has 0 unspecified atom stereocenters. The van der Waals surface area contributed by atoms with E-state index in [0.717, 1.165) is 11.3 Å². The first-order valence-electron chi connectivity index (χ1n) is 9.24. The van der Waals surface area contributed by atoms with Crippen LogP contribution in [0.3, 0.4) is 0 Å². The van der Waals surface area contributed by atoms with E-state index in [9.17, 15) is 8.42 Å². The summed E-state index contributed by atoms with van der Waals surface area (Å²) in [6, 6.07) is 16.6. The van der Waals surface area contributed by atoms with Gasteiger partial charge in [-0.2, -0.15) is 10.2 Å². The first-order valence-corrected chi connectivity index (χ1v) is 10.8. The Kier molecular flexibility index (Phi) is 6.03. The minimum Gasteiger partial charge on any atom is -0.378 e. The molecule has 0 bridgehead atoms. The van der Waals surface area contributed by atoms with Gasteiger partial charge in [-0.15, -0.1) is 0 Å². The van der Waals surface area contributed by atoms with Crippen LogP contribution >= 0.6 is 0 Å². The minimum atomic E-state index is -3.46. The molecule has 1 N–H and O–H groups in total. The van der Waals surface area contributed by atoms with Crippen LogP contribution in [0, 0.1) is 0 Å². The van der Waals surface area contributed by atoms with E-state index >= 15 is 0 Å². The third-order valence-electron chi connectivity index (χ3n) is 4.47. The van der Waals surface area contributed by atoms with Gasteiger partial charge in [-0.05, 0) is 43.7 Å². The van der Waals surface area contributed by atoms with Crippen molar-refractivity contribution in [2.75, 3.05) is 24.4 Å². The van der Waals surface area contributed by atoms with Crippen molar-refractivity contribution in [3.8, 4) is 5.69 Å². The van der Waals surface area contributed by atoms with Gasteiger partial charge in [0.1, 0.15) is 5.82 Å². The number of benzene rings is 2. The van der Waals surface area contributed by atoms with Crippen molar-refractivity contribution in [2.45, 2.75) is 24.0 Å². The molecule has 3 aromatic rings. The van der Waals surface area contributed by atoms with Crippen molar-refractivity contribution < 1.29 is 8.42 Å². The van der Waals surface area contributed by atoms with Gasteiger partial charge in [0, 0.05) is 25.8 Å². The molecule has 0 aliphatic rings. The van der Waals surface area contributed by atoms with Crippen molar-refractivity contribution >= 4 is 27.6 Å². The number of hydrogen-bond donors (Lipinski definition) is 1. The fourth-order valence-corrected chi connectivity index (χ4v) is 3.96. The summed E-state index contributed by atoms with van der Waals surface area (Å²) in [7, 11) is 0.522. The average molecular weight is 412 g/mol. The Morgan fingerprint density at radius 1 is 1.07 bits per heavy atom. The van der Waals surface area contributed by atoms with Gasteiger partial charge in [0.15, 0.2) is 9.84 Å². The van der Waals surface area contributed by atoms with Gasteiger partial charge in [-0.3, -0.25) is 5.43 Å². The van der Waals surface area contributed by atoms with Gasteiger partial charge in [-0.25, -0.2) is 13.1 Å². The summed E-state index contributed by atoms with van der Waals surface area (Å²) < 4.78 is 27.0. The van der Waals surface area contributed by atoms with Crippen LogP contribution < -0.4 is 10.3 Å². The van der Waals surface area contributed by atoms with Gasteiger partial charge in [0.05, 0.1) is 28.2 Å². The molecule has 0 aliphatic carbocycles. The number of hydrogen-bond acceptors (Lipinski definition) is 6. The van der Waals surface area contributed by atoms with E-state index in [1.54, 1.807) is 61.3 Å². The van der Waals surface area contributed by atoms with Crippen LogP contribution in [0.5, 0.6) is 0 Å². The maximum absolute atomic E-state index is 12.7. The molecular weight excluding hydrogens is 386 g/mol. The number of aromatic nitrogens is 2. The molecule has 0 radical (unpaired) electrons. The summed E-state index contributed by atoms with van der Waals surface area (Å²) in [6.07, 6.45) is 3.30. The lowest BCUT2D eigenvalue weighted by molar-refractivity contribution is 0.586. The molecule has 0 atom stereocenters. The fourth-order valence-electron chi connectivity index (χ4n) is 2.74. The maximum Gasteiger partial charge on any atom is 0.182 e.